The Hall–Kier alpha value is -2.69. The van der Waals surface area contributed by atoms with Crippen LogP contribution in [0.4, 0.5) is 0 Å². The number of fused-ring (bicyclic) bond motifs is 1. The number of aromatic nitrogens is 1. The minimum absolute atomic E-state index is 0.228. The van der Waals surface area contributed by atoms with Crippen molar-refractivity contribution in [2.75, 3.05) is 6.54 Å². The van der Waals surface area contributed by atoms with E-state index < -0.39 is 12.0 Å². The van der Waals surface area contributed by atoms with Crippen molar-refractivity contribution < 1.29 is 14.7 Å². The summed E-state index contributed by atoms with van der Waals surface area (Å²) < 4.78 is 0. The second-order valence-corrected chi connectivity index (χ2v) is 4.90. The first-order chi connectivity index (χ1) is 10.2. The van der Waals surface area contributed by atoms with Crippen molar-refractivity contribution in [3.05, 3.63) is 65.5 Å². The summed E-state index contributed by atoms with van der Waals surface area (Å²) in [4.78, 5) is 29.5. The van der Waals surface area contributed by atoms with Crippen molar-refractivity contribution in [3.8, 4) is 0 Å². The molecule has 0 saturated heterocycles. The van der Waals surface area contributed by atoms with E-state index >= 15 is 0 Å². The van der Waals surface area contributed by atoms with Crippen LogP contribution >= 0.6 is 0 Å². The average Bonchev–Trinajstić information content (AvgIpc) is 2.79. The molecule has 1 atom stereocenters. The topological polar surface area (TPSA) is 70.5 Å². The molecule has 1 aliphatic rings. The van der Waals surface area contributed by atoms with Crippen molar-refractivity contribution in [2.24, 2.45) is 0 Å². The summed E-state index contributed by atoms with van der Waals surface area (Å²) in [6.07, 6.45) is 2.22. The van der Waals surface area contributed by atoms with Crippen LogP contribution in [0, 0.1) is 0 Å². The Morgan fingerprint density at radius 3 is 2.67 bits per heavy atom. The molecule has 2 heterocycles. The minimum Gasteiger partial charge on any atom is -0.479 e. The number of carboxylic acid groups (broad SMARTS) is 1. The van der Waals surface area contributed by atoms with Gasteiger partial charge in [0.05, 0.1) is 0 Å². The molecule has 5 heteroatoms. The summed E-state index contributed by atoms with van der Waals surface area (Å²) in [7, 11) is 0. The van der Waals surface area contributed by atoms with E-state index in [1.165, 1.54) is 4.90 Å². The van der Waals surface area contributed by atoms with Crippen molar-refractivity contribution in [1.82, 2.24) is 9.88 Å². The number of carbonyl (C=O) groups is 2. The maximum absolute atomic E-state index is 12.4. The SMILES string of the molecule is O=C(O)C1c2ccccc2C(=O)N1CCc1ccccn1. The lowest BCUT2D eigenvalue weighted by Gasteiger charge is -2.21. The maximum atomic E-state index is 12.4. The summed E-state index contributed by atoms with van der Waals surface area (Å²) >= 11 is 0. The molecule has 0 spiro atoms. The van der Waals surface area contributed by atoms with Gasteiger partial charge < -0.3 is 10.0 Å². The van der Waals surface area contributed by atoms with Crippen molar-refractivity contribution in [1.29, 1.82) is 0 Å². The zero-order valence-electron chi connectivity index (χ0n) is 11.3. The molecule has 2 aromatic rings. The molecule has 21 heavy (non-hydrogen) atoms. The van der Waals surface area contributed by atoms with Gasteiger partial charge in [0.15, 0.2) is 6.04 Å². The number of benzene rings is 1. The van der Waals surface area contributed by atoms with Crippen LogP contribution in [0.3, 0.4) is 0 Å². The van der Waals surface area contributed by atoms with Crippen LogP contribution in [-0.2, 0) is 11.2 Å². The number of hydrogen-bond acceptors (Lipinski definition) is 3. The van der Waals surface area contributed by atoms with E-state index in [9.17, 15) is 14.7 Å². The Morgan fingerprint density at radius 2 is 1.95 bits per heavy atom. The number of nitrogens with zero attached hydrogens (tertiary/aromatic N) is 2. The van der Waals surface area contributed by atoms with Gasteiger partial charge in [-0.2, -0.15) is 0 Å². The molecule has 5 nitrogen and oxygen atoms in total. The minimum atomic E-state index is -1.01. The number of carbonyl (C=O) groups excluding carboxylic acids is 1. The third-order valence-corrected chi connectivity index (χ3v) is 3.63. The Labute approximate surface area is 121 Å². The van der Waals surface area contributed by atoms with Gasteiger partial charge in [-0.3, -0.25) is 9.78 Å². The van der Waals surface area contributed by atoms with E-state index in [1.54, 1.807) is 30.5 Å². The molecule has 0 bridgehead atoms. The molecular formula is C16H14N2O3. The molecule has 1 N–H and O–H groups in total. The molecule has 1 aromatic heterocycles. The summed E-state index contributed by atoms with van der Waals surface area (Å²) in [5, 5.41) is 9.44. The van der Waals surface area contributed by atoms with Crippen molar-refractivity contribution >= 4 is 11.9 Å². The second-order valence-electron chi connectivity index (χ2n) is 4.90. The van der Waals surface area contributed by atoms with E-state index in [-0.39, 0.29) is 5.91 Å². The van der Waals surface area contributed by atoms with Crippen LogP contribution in [0.2, 0.25) is 0 Å². The quantitative estimate of drug-likeness (QED) is 0.930. The van der Waals surface area contributed by atoms with Crippen LogP contribution in [0.1, 0.15) is 27.7 Å². The standard InChI is InChI=1S/C16H14N2O3/c19-15-13-7-2-1-6-12(13)14(16(20)21)18(15)10-8-11-5-3-4-9-17-11/h1-7,9,14H,8,10H2,(H,20,21). The van der Waals surface area contributed by atoms with Crippen LogP contribution in [0.25, 0.3) is 0 Å². The molecular weight excluding hydrogens is 268 g/mol. The van der Waals surface area contributed by atoms with Crippen LogP contribution < -0.4 is 0 Å². The average molecular weight is 282 g/mol. The van der Waals surface area contributed by atoms with E-state index in [2.05, 4.69) is 4.98 Å². The van der Waals surface area contributed by atoms with Crippen molar-refractivity contribution in [2.45, 2.75) is 12.5 Å². The lowest BCUT2D eigenvalue weighted by atomic mass is 10.1. The molecule has 0 radical (unpaired) electrons. The molecule has 106 valence electrons. The molecule has 1 unspecified atom stereocenters. The Morgan fingerprint density at radius 1 is 1.19 bits per heavy atom. The fraction of sp³-hybridized carbons (Fsp3) is 0.188. The zero-order chi connectivity index (χ0) is 14.8. The van der Waals surface area contributed by atoms with Gasteiger partial charge in [0.25, 0.3) is 5.91 Å². The fourth-order valence-electron chi connectivity index (χ4n) is 2.65. The second kappa shape index (κ2) is 5.36. The highest BCUT2D eigenvalue weighted by atomic mass is 16.4. The number of hydrogen-bond donors (Lipinski definition) is 1. The third kappa shape index (κ3) is 2.38. The maximum Gasteiger partial charge on any atom is 0.331 e. The van der Waals surface area contributed by atoms with E-state index in [0.717, 1.165) is 5.69 Å². The Kier molecular flexibility index (Phi) is 3.39. The summed E-state index contributed by atoms with van der Waals surface area (Å²) in [5.41, 5.74) is 1.88. The first kappa shape index (κ1) is 13.3. The van der Waals surface area contributed by atoms with Crippen LogP contribution in [0.5, 0.6) is 0 Å². The molecule has 1 aliphatic heterocycles. The van der Waals surface area contributed by atoms with Gasteiger partial charge in [-0.05, 0) is 23.8 Å². The van der Waals surface area contributed by atoms with E-state index in [4.69, 9.17) is 0 Å². The zero-order valence-corrected chi connectivity index (χ0v) is 11.3. The van der Waals surface area contributed by atoms with Crippen LogP contribution in [-0.4, -0.2) is 33.4 Å². The Bertz CT molecular complexity index is 685. The highest BCUT2D eigenvalue weighted by Gasteiger charge is 2.40. The van der Waals surface area contributed by atoms with Gasteiger partial charge >= 0.3 is 5.97 Å². The highest BCUT2D eigenvalue weighted by molar-refractivity contribution is 6.03. The normalized spacial score (nSPS) is 16.9. The molecule has 3 rings (SSSR count). The molecule has 0 fully saturated rings. The van der Waals surface area contributed by atoms with Gasteiger partial charge in [-0.1, -0.05) is 24.3 Å². The fourth-order valence-corrected chi connectivity index (χ4v) is 2.65. The number of rotatable bonds is 4. The van der Waals surface area contributed by atoms with Gasteiger partial charge in [-0.15, -0.1) is 0 Å². The van der Waals surface area contributed by atoms with E-state index in [0.29, 0.717) is 24.1 Å². The number of carboxylic acids is 1. The smallest absolute Gasteiger partial charge is 0.331 e. The van der Waals surface area contributed by atoms with Gasteiger partial charge in [0.1, 0.15) is 0 Å². The molecule has 0 saturated carbocycles. The molecule has 0 aliphatic carbocycles. The van der Waals surface area contributed by atoms with Crippen LogP contribution in [0.15, 0.2) is 48.7 Å². The monoisotopic (exact) mass is 282 g/mol. The van der Waals surface area contributed by atoms with E-state index in [1.807, 2.05) is 18.2 Å². The van der Waals surface area contributed by atoms with Gasteiger partial charge in [-0.25, -0.2) is 4.79 Å². The third-order valence-electron chi connectivity index (χ3n) is 3.63. The largest absolute Gasteiger partial charge is 0.479 e. The number of aliphatic carboxylic acids is 1. The predicted molar refractivity (Wildman–Crippen MR) is 75.8 cm³/mol. The first-order valence-corrected chi connectivity index (χ1v) is 6.71. The molecule has 1 aromatic carbocycles. The van der Waals surface area contributed by atoms with Gasteiger partial charge in [0.2, 0.25) is 0 Å². The number of amides is 1. The highest BCUT2D eigenvalue weighted by Crippen LogP contribution is 2.33. The summed E-state index contributed by atoms with van der Waals surface area (Å²) in [6, 6.07) is 11.5. The summed E-state index contributed by atoms with van der Waals surface area (Å²) in [5.74, 6) is -1.23. The number of pyridine rings is 1. The Balaban J connectivity index is 1.85. The van der Waals surface area contributed by atoms with Crippen molar-refractivity contribution in [3.63, 3.8) is 0 Å². The summed E-state index contributed by atoms with van der Waals surface area (Å²) in [6.45, 7) is 0.335. The lowest BCUT2D eigenvalue weighted by Crippen LogP contribution is -2.34. The molecule has 1 amide bonds. The lowest BCUT2D eigenvalue weighted by molar-refractivity contribution is -0.142. The first-order valence-electron chi connectivity index (χ1n) is 6.71. The van der Waals surface area contributed by atoms with Gasteiger partial charge in [0, 0.05) is 30.4 Å². The predicted octanol–water partition coefficient (Wildman–Crippen LogP) is 1.91.